The zero-order valence-electron chi connectivity index (χ0n) is 5.67. The van der Waals surface area contributed by atoms with Gasteiger partial charge in [0, 0.05) is 5.41 Å². The van der Waals surface area contributed by atoms with Gasteiger partial charge in [-0.25, -0.2) is 4.79 Å². The molecule has 10 heavy (non-hydrogen) atoms. The van der Waals surface area contributed by atoms with Gasteiger partial charge in [-0.3, -0.25) is 0 Å². The zero-order valence-corrected chi connectivity index (χ0v) is 5.67. The molecule has 2 aliphatic rings. The van der Waals surface area contributed by atoms with Crippen molar-refractivity contribution in [3.8, 4) is 0 Å². The Balaban J connectivity index is 1.84. The minimum absolute atomic E-state index is 0.0405. The van der Waals surface area contributed by atoms with Crippen molar-refractivity contribution in [3.63, 3.8) is 0 Å². The summed E-state index contributed by atoms with van der Waals surface area (Å²) in [5.74, 6) is 0. The van der Waals surface area contributed by atoms with Crippen LogP contribution in [0.1, 0.15) is 25.7 Å². The summed E-state index contributed by atoms with van der Waals surface area (Å²) in [5.41, 5.74) is 0.318. The highest BCUT2D eigenvalue weighted by molar-refractivity contribution is 5.57. The molecule has 1 spiro atoms. The van der Waals surface area contributed by atoms with Crippen molar-refractivity contribution in [2.45, 2.75) is 31.8 Å². The molecule has 0 aromatic rings. The fourth-order valence-electron chi connectivity index (χ4n) is 1.76. The van der Waals surface area contributed by atoms with E-state index in [1.54, 1.807) is 0 Å². The summed E-state index contributed by atoms with van der Waals surface area (Å²) >= 11 is 0. The van der Waals surface area contributed by atoms with Crippen LogP contribution in [0.15, 0.2) is 0 Å². The molecule has 1 atom stereocenters. The molecule has 2 aliphatic carbocycles. The van der Waals surface area contributed by atoms with E-state index < -0.39 is 6.16 Å². The topological polar surface area (TPSA) is 46.5 Å². The highest BCUT2D eigenvalue weighted by atomic mass is 16.7. The molecule has 3 heteroatoms. The lowest BCUT2D eigenvalue weighted by atomic mass is 9.81. The molecule has 2 fully saturated rings. The van der Waals surface area contributed by atoms with E-state index in [4.69, 9.17) is 5.11 Å². The smallest absolute Gasteiger partial charge is 0.450 e. The number of ether oxygens (including phenoxy) is 1. The Morgan fingerprint density at radius 1 is 1.60 bits per heavy atom. The van der Waals surface area contributed by atoms with Gasteiger partial charge in [-0.05, 0) is 19.3 Å². The highest BCUT2D eigenvalue weighted by Gasteiger charge is 2.60. The van der Waals surface area contributed by atoms with E-state index in [2.05, 4.69) is 4.74 Å². The first-order valence-corrected chi connectivity index (χ1v) is 3.63. The fourth-order valence-corrected chi connectivity index (χ4v) is 1.76. The van der Waals surface area contributed by atoms with Crippen molar-refractivity contribution in [1.82, 2.24) is 0 Å². The van der Waals surface area contributed by atoms with Crippen LogP contribution < -0.4 is 0 Å². The molecule has 0 aliphatic heterocycles. The van der Waals surface area contributed by atoms with E-state index >= 15 is 0 Å². The third-order valence-corrected chi connectivity index (χ3v) is 2.71. The molecule has 2 saturated carbocycles. The molecule has 56 valence electrons. The van der Waals surface area contributed by atoms with Crippen LogP contribution in [0, 0.1) is 5.41 Å². The summed E-state index contributed by atoms with van der Waals surface area (Å²) in [4.78, 5) is 10.1. The molecule has 0 radical (unpaired) electrons. The monoisotopic (exact) mass is 142 g/mol. The second kappa shape index (κ2) is 1.65. The quantitative estimate of drug-likeness (QED) is 0.566. The van der Waals surface area contributed by atoms with Gasteiger partial charge in [-0.2, -0.15) is 0 Å². The summed E-state index contributed by atoms with van der Waals surface area (Å²) < 4.78 is 4.64. The predicted octanol–water partition coefficient (Wildman–Crippen LogP) is 1.62. The van der Waals surface area contributed by atoms with Gasteiger partial charge in [-0.1, -0.05) is 6.42 Å². The average molecular weight is 142 g/mol. The van der Waals surface area contributed by atoms with Crippen molar-refractivity contribution >= 4 is 6.16 Å². The van der Waals surface area contributed by atoms with Gasteiger partial charge in [-0.15, -0.1) is 0 Å². The van der Waals surface area contributed by atoms with Gasteiger partial charge < -0.3 is 9.84 Å². The summed E-state index contributed by atoms with van der Waals surface area (Å²) in [7, 11) is 0. The van der Waals surface area contributed by atoms with Gasteiger partial charge in [0.25, 0.3) is 0 Å². The minimum Gasteiger partial charge on any atom is -0.450 e. The summed E-state index contributed by atoms with van der Waals surface area (Å²) in [6.07, 6.45) is 3.49. The Bertz CT molecular complexity index is 172. The van der Waals surface area contributed by atoms with Crippen LogP contribution in [0.4, 0.5) is 4.79 Å². The van der Waals surface area contributed by atoms with Crippen LogP contribution in [0.3, 0.4) is 0 Å². The van der Waals surface area contributed by atoms with Crippen LogP contribution >= 0.6 is 0 Å². The Morgan fingerprint density at radius 2 is 2.30 bits per heavy atom. The van der Waals surface area contributed by atoms with Gasteiger partial charge in [0.2, 0.25) is 0 Å². The molecule has 3 nitrogen and oxygen atoms in total. The number of carboxylic acid groups (broad SMARTS) is 1. The maximum absolute atomic E-state index is 10.1. The maximum atomic E-state index is 10.1. The Kier molecular flexibility index (Phi) is 0.993. The lowest BCUT2D eigenvalue weighted by Crippen LogP contribution is -2.19. The Labute approximate surface area is 59.0 Å². The van der Waals surface area contributed by atoms with Gasteiger partial charge in [0.05, 0.1) is 0 Å². The number of hydrogen-bond donors (Lipinski definition) is 1. The first-order valence-electron chi connectivity index (χ1n) is 3.63. The Hall–Kier alpha value is -0.730. The van der Waals surface area contributed by atoms with Crippen molar-refractivity contribution in [1.29, 1.82) is 0 Å². The molecule has 0 heterocycles. The lowest BCUT2D eigenvalue weighted by Gasteiger charge is -2.25. The Morgan fingerprint density at radius 3 is 2.60 bits per heavy atom. The van der Waals surface area contributed by atoms with Gasteiger partial charge in [0.1, 0.15) is 6.10 Å². The van der Waals surface area contributed by atoms with Crippen LogP contribution in [0.25, 0.3) is 0 Å². The lowest BCUT2D eigenvalue weighted by molar-refractivity contribution is 0.0592. The van der Waals surface area contributed by atoms with Crippen molar-refractivity contribution in [3.05, 3.63) is 0 Å². The average Bonchev–Trinajstić information content (AvgIpc) is 2.37. The van der Waals surface area contributed by atoms with E-state index in [0.717, 1.165) is 6.42 Å². The second-order valence-corrected chi connectivity index (χ2v) is 3.29. The first kappa shape index (κ1) is 6.01. The number of rotatable bonds is 1. The second-order valence-electron chi connectivity index (χ2n) is 3.29. The van der Waals surface area contributed by atoms with Crippen molar-refractivity contribution in [2.24, 2.45) is 5.41 Å². The van der Waals surface area contributed by atoms with E-state index in [9.17, 15) is 4.79 Å². The predicted molar refractivity (Wildman–Crippen MR) is 33.8 cm³/mol. The third kappa shape index (κ3) is 0.696. The molecule has 1 N–H and O–H groups in total. The molecular formula is C7H10O3. The molecule has 0 aromatic carbocycles. The van der Waals surface area contributed by atoms with Crippen LogP contribution in [-0.2, 0) is 4.74 Å². The SMILES string of the molecule is O=C(O)OC1CC12CCC2. The standard InChI is InChI=1S/C7H10O3/c8-6(9)10-5-4-7(5)2-1-3-7/h5H,1-4H2,(H,8,9). The summed E-state index contributed by atoms with van der Waals surface area (Å²) in [5, 5.41) is 8.25. The van der Waals surface area contributed by atoms with Gasteiger partial charge in [0.15, 0.2) is 0 Å². The van der Waals surface area contributed by atoms with Gasteiger partial charge >= 0.3 is 6.16 Å². The van der Waals surface area contributed by atoms with E-state index in [1.807, 2.05) is 0 Å². The molecular weight excluding hydrogens is 132 g/mol. The van der Waals surface area contributed by atoms with Crippen molar-refractivity contribution in [2.75, 3.05) is 0 Å². The molecule has 0 bridgehead atoms. The molecule has 0 saturated heterocycles. The van der Waals surface area contributed by atoms with Crippen LogP contribution in [-0.4, -0.2) is 17.4 Å². The van der Waals surface area contributed by atoms with E-state index in [-0.39, 0.29) is 6.10 Å². The molecule has 0 aromatic heterocycles. The largest absolute Gasteiger partial charge is 0.506 e. The summed E-state index contributed by atoms with van der Waals surface area (Å²) in [6.45, 7) is 0. The molecule has 0 amide bonds. The zero-order chi connectivity index (χ0) is 7.19. The minimum atomic E-state index is -1.12. The van der Waals surface area contributed by atoms with E-state index in [0.29, 0.717) is 5.41 Å². The number of carbonyl (C=O) groups is 1. The van der Waals surface area contributed by atoms with Crippen molar-refractivity contribution < 1.29 is 14.6 Å². The van der Waals surface area contributed by atoms with E-state index in [1.165, 1.54) is 19.3 Å². The maximum Gasteiger partial charge on any atom is 0.506 e. The molecule has 2 rings (SSSR count). The summed E-state index contributed by atoms with van der Waals surface area (Å²) in [6, 6.07) is 0. The first-order chi connectivity index (χ1) is 4.73. The normalized spacial score (nSPS) is 33.0. The third-order valence-electron chi connectivity index (χ3n) is 2.71. The number of hydrogen-bond acceptors (Lipinski definition) is 2. The molecule has 1 unspecified atom stereocenters. The highest BCUT2D eigenvalue weighted by Crippen LogP contribution is 2.62. The van der Waals surface area contributed by atoms with Crippen LogP contribution in [0.2, 0.25) is 0 Å². The fraction of sp³-hybridized carbons (Fsp3) is 0.857. The van der Waals surface area contributed by atoms with Crippen LogP contribution in [0.5, 0.6) is 0 Å².